The fourth-order valence-electron chi connectivity index (χ4n) is 2.14. The van der Waals surface area contributed by atoms with Crippen LogP contribution in [-0.4, -0.2) is 30.5 Å². The van der Waals surface area contributed by atoms with Crippen molar-refractivity contribution >= 4 is 40.2 Å². The molecular formula is C18H16N2O3S2. The van der Waals surface area contributed by atoms with Crippen LogP contribution in [0.5, 0.6) is 0 Å². The number of hydrogen-bond acceptors (Lipinski definition) is 6. The van der Waals surface area contributed by atoms with Gasteiger partial charge in [0.1, 0.15) is 5.01 Å². The largest absolute Gasteiger partial charge is 0.455 e. The number of thiazole rings is 1. The number of carbonyl (C=O) groups is 2. The van der Waals surface area contributed by atoms with Crippen LogP contribution in [0.25, 0.3) is 9.88 Å². The van der Waals surface area contributed by atoms with Crippen LogP contribution < -0.4 is 4.90 Å². The van der Waals surface area contributed by atoms with Gasteiger partial charge in [-0.25, -0.2) is 4.98 Å². The van der Waals surface area contributed by atoms with E-state index in [1.807, 2.05) is 53.2 Å². The SMILES string of the molecule is CN(C(=O)COC(=O)Cc1csc(-c2cccs2)n1)c1ccccc1. The van der Waals surface area contributed by atoms with Gasteiger partial charge >= 0.3 is 5.97 Å². The number of para-hydroxylation sites is 1. The molecule has 3 rings (SSSR count). The Labute approximate surface area is 153 Å². The van der Waals surface area contributed by atoms with E-state index in [2.05, 4.69) is 4.98 Å². The fraction of sp³-hybridized carbons (Fsp3) is 0.167. The molecule has 25 heavy (non-hydrogen) atoms. The van der Waals surface area contributed by atoms with E-state index in [0.717, 1.165) is 15.6 Å². The molecule has 0 spiro atoms. The summed E-state index contributed by atoms with van der Waals surface area (Å²) < 4.78 is 5.09. The minimum absolute atomic E-state index is 0.0597. The van der Waals surface area contributed by atoms with E-state index in [4.69, 9.17) is 4.74 Å². The number of esters is 1. The van der Waals surface area contributed by atoms with Gasteiger partial charge in [-0.1, -0.05) is 24.3 Å². The zero-order valence-electron chi connectivity index (χ0n) is 13.5. The first-order valence-corrected chi connectivity index (χ1v) is 9.35. The third-order valence-corrected chi connectivity index (χ3v) is 5.41. The van der Waals surface area contributed by atoms with Gasteiger partial charge in [-0.3, -0.25) is 9.59 Å². The second kappa shape index (κ2) is 8.04. The van der Waals surface area contributed by atoms with E-state index < -0.39 is 5.97 Å². The quantitative estimate of drug-likeness (QED) is 0.620. The van der Waals surface area contributed by atoms with Gasteiger partial charge in [-0.05, 0) is 23.6 Å². The van der Waals surface area contributed by atoms with E-state index in [1.165, 1.54) is 16.2 Å². The van der Waals surface area contributed by atoms with Crippen molar-refractivity contribution in [3.05, 3.63) is 58.9 Å². The topological polar surface area (TPSA) is 59.5 Å². The average Bonchev–Trinajstić information content (AvgIpc) is 3.31. The molecule has 0 radical (unpaired) electrons. The zero-order chi connectivity index (χ0) is 17.6. The van der Waals surface area contributed by atoms with Crippen LogP contribution in [0.3, 0.4) is 0 Å². The first-order valence-electron chi connectivity index (χ1n) is 7.59. The molecule has 7 heteroatoms. The number of likely N-dealkylation sites (N-methyl/N-ethyl adjacent to an activating group) is 1. The van der Waals surface area contributed by atoms with Gasteiger partial charge < -0.3 is 9.64 Å². The van der Waals surface area contributed by atoms with Crippen molar-refractivity contribution in [2.24, 2.45) is 0 Å². The standard InChI is InChI=1S/C18H16N2O3S2/c1-20(14-6-3-2-4-7-14)16(21)11-23-17(22)10-13-12-25-18(19-13)15-8-5-9-24-15/h2-9,12H,10-11H2,1H3. The lowest BCUT2D eigenvalue weighted by atomic mass is 10.3. The molecule has 0 aliphatic carbocycles. The molecule has 0 saturated heterocycles. The normalized spacial score (nSPS) is 10.4. The van der Waals surface area contributed by atoms with E-state index in [9.17, 15) is 9.59 Å². The summed E-state index contributed by atoms with van der Waals surface area (Å²) in [5.41, 5.74) is 1.41. The lowest BCUT2D eigenvalue weighted by Crippen LogP contribution is -2.31. The van der Waals surface area contributed by atoms with Gasteiger partial charge in [0.25, 0.3) is 5.91 Å². The van der Waals surface area contributed by atoms with E-state index in [-0.39, 0.29) is 18.9 Å². The van der Waals surface area contributed by atoms with Crippen LogP contribution in [-0.2, 0) is 20.7 Å². The summed E-state index contributed by atoms with van der Waals surface area (Å²) in [6.45, 7) is -0.286. The molecule has 1 amide bonds. The number of rotatable bonds is 6. The molecule has 0 atom stereocenters. The molecule has 0 N–H and O–H groups in total. The predicted octanol–water partition coefficient (Wildman–Crippen LogP) is 3.62. The minimum atomic E-state index is -0.460. The Hall–Kier alpha value is -2.51. The second-order valence-electron chi connectivity index (χ2n) is 5.25. The Bertz CT molecular complexity index is 844. The minimum Gasteiger partial charge on any atom is -0.455 e. The number of anilines is 1. The number of thiophene rings is 1. The maximum atomic E-state index is 12.1. The summed E-state index contributed by atoms with van der Waals surface area (Å²) >= 11 is 3.10. The highest BCUT2D eigenvalue weighted by Gasteiger charge is 2.15. The molecule has 0 aliphatic rings. The first kappa shape index (κ1) is 17.3. The van der Waals surface area contributed by atoms with Crippen molar-refractivity contribution in [2.45, 2.75) is 6.42 Å². The van der Waals surface area contributed by atoms with Crippen LogP contribution in [0.1, 0.15) is 5.69 Å². The Morgan fingerprint density at radius 3 is 2.64 bits per heavy atom. The van der Waals surface area contributed by atoms with Crippen molar-refractivity contribution in [1.82, 2.24) is 4.98 Å². The second-order valence-corrected chi connectivity index (χ2v) is 7.05. The number of ether oxygens (including phenoxy) is 1. The van der Waals surface area contributed by atoms with Gasteiger partial charge in [-0.2, -0.15) is 0 Å². The van der Waals surface area contributed by atoms with Crippen LogP contribution in [0.2, 0.25) is 0 Å². The molecular weight excluding hydrogens is 356 g/mol. The third kappa shape index (κ3) is 4.52. The van der Waals surface area contributed by atoms with Gasteiger partial charge in [-0.15, -0.1) is 22.7 Å². The van der Waals surface area contributed by atoms with Crippen molar-refractivity contribution in [1.29, 1.82) is 0 Å². The smallest absolute Gasteiger partial charge is 0.312 e. The van der Waals surface area contributed by atoms with Gasteiger partial charge in [0.05, 0.1) is 17.0 Å². The zero-order valence-corrected chi connectivity index (χ0v) is 15.2. The highest BCUT2D eigenvalue weighted by molar-refractivity contribution is 7.20. The molecule has 128 valence electrons. The summed E-state index contributed by atoms with van der Waals surface area (Å²) in [7, 11) is 1.65. The van der Waals surface area contributed by atoms with Gasteiger partial charge in [0, 0.05) is 18.1 Å². The molecule has 2 aromatic heterocycles. The van der Waals surface area contributed by atoms with Crippen molar-refractivity contribution in [3.8, 4) is 9.88 Å². The number of carbonyl (C=O) groups excluding carboxylic acids is 2. The highest BCUT2D eigenvalue weighted by Crippen LogP contribution is 2.27. The van der Waals surface area contributed by atoms with Crippen LogP contribution >= 0.6 is 22.7 Å². The summed E-state index contributed by atoms with van der Waals surface area (Å²) in [5.74, 6) is -0.741. The van der Waals surface area contributed by atoms with E-state index >= 15 is 0 Å². The summed E-state index contributed by atoms with van der Waals surface area (Å²) in [6, 6.07) is 13.2. The maximum absolute atomic E-state index is 12.1. The summed E-state index contributed by atoms with van der Waals surface area (Å²) in [4.78, 5) is 31.0. The number of nitrogens with zero attached hydrogens (tertiary/aromatic N) is 2. The Kier molecular flexibility index (Phi) is 5.57. The fourth-order valence-corrected chi connectivity index (χ4v) is 3.77. The van der Waals surface area contributed by atoms with E-state index in [0.29, 0.717) is 5.69 Å². The number of aromatic nitrogens is 1. The molecule has 5 nitrogen and oxygen atoms in total. The number of benzene rings is 1. The van der Waals surface area contributed by atoms with Gasteiger partial charge in [0.15, 0.2) is 6.61 Å². The van der Waals surface area contributed by atoms with Crippen molar-refractivity contribution in [2.75, 3.05) is 18.6 Å². The highest BCUT2D eigenvalue weighted by atomic mass is 32.1. The Balaban J connectivity index is 1.50. The van der Waals surface area contributed by atoms with Gasteiger partial charge in [0.2, 0.25) is 0 Å². The van der Waals surface area contributed by atoms with Crippen LogP contribution in [0.4, 0.5) is 5.69 Å². The van der Waals surface area contributed by atoms with Crippen molar-refractivity contribution in [3.63, 3.8) is 0 Å². The number of amides is 1. The molecule has 3 aromatic rings. The molecule has 0 aliphatic heterocycles. The summed E-state index contributed by atoms with van der Waals surface area (Å²) in [5, 5.41) is 4.71. The lowest BCUT2D eigenvalue weighted by molar-refractivity contribution is -0.147. The summed E-state index contributed by atoms with van der Waals surface area (Å²) in [6.07, 6.45) is 0.0597. The average molecular weight is 372 g/mol. The predicted molar refractivity (Wildman–Crippen MR) is 99.9 cm³/mol. The van der Waals surface area contributed by atoms with Crippen LogP contribution in [0, 0.1) is 0 Å². The molecule has 2 heterocycles. The monoisotopic (exact) mass is 372 g/mol. The van der Waals surface area contributed by atoms with Crippen molar-refractivity contribution < 1.29 is 14.3 Å². The molecule has 0 unspecified atom stereocenters. The number of hydrogen-bond donors (Lipinski definition) is 0. The third-order valence-electron chi connectivity index (χ3n) is 3.48. The Morgan fingerprint density at radius 2 is 1.92 bits per heavy atom. The first-order chi connectivity index (χ1) is 12.1. The van der Waals surface area contributed by atoms with E-state index in [1.54, 1.807) is 18.4 Å². The molecule has 0 saturated carbocycles. The maximum Gasteiger partial charge on any atom is 0.312 e. The van der Waals surface area contributed by atoms with Crippen LogP contribution in [0.15, 0.2) is 53.2 Å². The Morgan fingerprint density at radius 1 is 1.12 bits per heavy atom. The molecule has 1 aromatic carbocycles. The lowest BCUT2D eigenvalue weighted by Gasteiger charge is -2.16. The molecule has 0 fully saturated rings. The molecule has 0 bridgehead atoms.